The van der Waals surface area contributed by atoms with Crippen LogP contribution in [0.1, 0.15) is 12.1 Å². The molecule has 1 aromatic carbocycles. The van der Waals surface area contributed by atoms with E-state index in [1.807, 2.05) is 19.1 Å². The summed E-state index contributed by atoms with van der Waals surface area (Å²) < 4.78 is 23.3. The number of benzene rings is 1. The number of rotatable bonds is 4. The third-order valence-electron chi connectivity index (χ3n) is 5.11. The van der Waals surface area contributed by atoms with Gasteiger partial charge in [-0.2, -0.15) is 4.98 Å². The van der Waals surface area contributed by atoms with Crippen molar-refractivity contribution in [2.75, 3.05) is 52.8 Å². The molecule has 0 saturated carbocycles. The summed E-state index contributed by atoms with van der Waals surface area (Å²) in [6.07, 6.45) is 0.635. The summed E-state index contributed by atoms with van der Waals surface area (Å²) in [5.41, 5.74) is 2.13. The lowest BCUT2D eigenvalue weighted by molar-refractivity contribution is 0.602. The zero-order valence-corrected chi connectivity index (χ0v) is 16.3. The largest absolute Gasteiger partial charge is 0.368 e. The summed E-state index contributed by atoms with van der Waals surface area (Å²) in [6, 6.07) is 12.2. The standard InChI is InChI=1S/C19H25N5O2S/c1-15-13-18(21-16-7-12-27(25,26)14-16)22-19(20-15)24-10-8-23(9-11-24)17-5-3-2-4-6-17/h2-6,13,16H,7-12,14H2,1H3,(H,20,21,22). The van der Waals surface area contributed by atoms with Crippen molar-refractivity contribution >= 4 is 27.3 Å². The molecular weight excluding hydrogens is 362 g/mol. The Labute approximate surface area is 160 Å². The highest BCUT2D eigenvalue weighted by atomic mass is 32.2. The molecule has 1 aromatic heterocycles. The highest BCUT2D eigenvalue weighted by Crippen LogP contribution is 2.21. The molecule has 8 heteroatoms. The Hall–Kier alpha value is -2.35. The van der Waals surface area contributed by atoms with Gasteiger partial charge >= 0.3 is 0 Å². The van der Waals surface area contributed by atoms with E-state index in [2.05, 4.69) is 49.4 Å². The number of hydrogen-bond acceptors (Lipinski definition) is 7. The van der Waals surface area contributed by atoms with E-state index in [4.69, 9.17) is 0 Å². The van der Waals surface area contributed by atoms with Crippen LogP contribution in [-0.2, 0) is 9.84 Å². The molecule has 2 aliphatic heterocycles. The second-order valence-corrected chi connectivity index (χ2v) is 9.48. The minimum atomic E-state index is -2.91. The summed E-state index contributed by atoms with van der Waals surface area (Å²) in [7, 11) is -2.91. The zero-order valence-electron chi connectivity index (χ0n) is 15.5. The lowest BCUT2D eigenvalue weighted by Gasteiger charge is -2.36. The van der Waals surface area contributed by atoms with Crippen molar-refractivity contribution in [2.24, 2.45) is 0 Å². The Morgan fingerprint density at radius 1 is 1.04 bits per heavy atom. The van der Waals surface area contributed by atoms with Gasteiger partial charge in [0.1, 0.15) is 5.82 Å². The molecule has 4 rings (SSSR count). The summed E-state index contributed by atoms with van der Waals surface area (Å²) >= 11 is 0. The molecule has 0 aliphatic carbocycles. The first-order valence-electron chi connectivity index (χ1n) is 9.36. The van der Waals surface area contributed by atoms with Crippen molar-refractivity contribution in [3.8, 4) is 0 Å². The predicted molar refractivity (Wildman–Crippen MR) is 108 cm³/mol. The molecule has 1 atom stereocenters. The molecule has 1 unspecified atom stereocenters. The van der Waals surface area contributed by atoms with E-state index in [1.165, 1.54) is 5.69 Å². The van der Waals surface area contributed by atoms with E-state index >= 15 is 0 Å². The molecule has 2 fully saturated rings. The maximum Gasteiger partial charge on any atom is 0.227 e. The van der Waals surface area contributed by atoms with Crippen molar-refractivity contribution in [1.82, 2.24) is 9.97 Å². The highest BCUT2D eigenvalue weighted by Gasteiger charge is 2.28. The normalized spacial score (nSPS) is 22.0. The van der Waals surface area contributed by atoms with Gasteiger partial charge in [0.2, 0.25) is 5.95 Å². The van der Waals surface area contributed by atoms with Crippen LogP contribution in [-0.4, -0.2) is 62.1 Å². The summed E-state index contributed by atoms with van der Waals surface area (Å²) in [6.45, 7) is 5.50. The number of aryl methyl sites for hydroxylation is 1. The van der Waals surface area contributed by atoms with Gasteiger partial charge in [-0.3, -0.25) is 0 Å². The predicted octanol–water partition coefficient (Wildman–Crippen LogP) is 1.71. The van der Waals surface area contributed by atoms with Gasteiger partial charge in [0, 0.05) is 49.7 Å². The molecule has 2 aliphatic rings. The van der Waals surface area contributed by atoms with E-state index in [9.17, 15) is 8.42 Å². The van der Waals surface area contributed by atoms with Crippen molar-refractivity contribution in [3.05, 3.63) is 42.1 Å². The van der Waals surface area contributed by atoms with Gasteiger partial charge in [0.15, 0.2) is 9.84 Å². The van der Waals surface area contributed by atoms with E-state index in [1.54, 1.807) is 0 Å². The van der Waals surface area contributed by atoms with Crippen LogP contribution in [0.3, 0.4) is 0 Å². The fourth-order valence-electron chi connectivity index (χ4n) is 3.69. The topological polar surface area (TPSA) is 78.4 Å². The third kappa shape index (κ3) is 4.32. The number of para-hydroxylation sites is 1. The first-order chi connectivity index (χ1) is 13.0. The average Bonchev–Trinajstić information content (AvgIpc) is 3.00. The molecule has 144 valence electrons. The Kier molecular flexibility index (Phi) is 4.90. The Morgan fingerprint density at radius 2 is 1.74 bits per heavy atom. The number of hydrogen-bond donors (Lipinski definition) is 1. The number of nitrogens with zero attached hydrogens (tertiary/aromatic N) is 4. The second-order valence-electron chi connectivity index (χ2n) is 7.25. The molecule has 0 radical (unpaired) electrons. The number of anilines is 3. The number of sulfone groups is 1. The monoisotopic (exact) mass is 387 g/mol. The third-order valence-corrected chi connectivity index (χ3v) is 6.88. The van der Waals surface area contributed by atoms with E-state index in [-0.39, 0.29) is 17.5 Å². The molecule has 0 amide bonds. The van der Waals surface area contributed by atoms with Crippen molar-refractivity contribution < 1.29 is 8.42 Å². The quantitative estimate of drug-likeness (QED) is 0.856. The zero-order chi connectivity index (χ0) is 18.9. The molecule has 0 spiro atoms. The molecule has 2 aromatic rings. The lowest BCUT2D eigenvalue weighted by Crippen LogP contribution is -2.47. The van der Waals surface area contributed by atoms with Crippen LogP contribution in [0, 0.1) is 6.92 Å². The SMILES string of the molecule is Cc1cc(NC2CCS(=O)(=O)C2)nc(N2CCN(c3ccccc3)CC2)n1. The summed E-state index contributed by atoms with van der Waals surface area (Å²) in [5.74, 6) is 1.86. The van der Waals surface area contributed by atoms with Gasteiger partial charge in [-0.15, -0.1) is 0 Å². The molecule has 7 nitrogen and oxygen atoms in total. The van der Waals surface area contributed by atoms with Gasteiger partial charge in [-0.25, -0.2) is 13.4 Å². The van der Waals surface area contributed by atoms with Crippen LogP contribution in [0.2, 0.25) is 0 Å². The fraction of sp³-hybridized carbons (Fsp3) is 0.474. The first-order valence-corrected chi connectivity index (χ1v) is 11.2. The van der Waals surface area contributed by atoms with Crippen molar-refractivity contribution in [2.45, 2.75) is 19.4 Å². The Balaban J connectivity index is 1.43. The number of piperazine rings is 1. The van der Waals surface area contributed by atoms with E-state index in [0.29, 0.717) is 18.2 Å². The molecule has 1 N–H and O–H groups in total. The van der Waals surface area contributed by atoms with Crippen LogP contribution < -0.4 is 15.1 Å². The van der Waals surface area contributed by atoms with Crippen LogP contribution in [0.25, 0.3) is 0 Å². The molecular formula is C19H25N5O2S. The molecule has 2 saturated heterocycles. The molecule has 0 bridgehead atoms. The van der Waals surface area contributed by atoms with Gasteiger partial charge in [0.25, 0.3) is 0 Å². The van der Waals surface area contributed by atoms with Crippen LogP contribution >= 0.6 is 0 Å². The van der Waals surface area contributed by atoms with Gasteiger partial charge in [-0.05, 0) is 25.5 Å². The fourth-order valence-corrected chi connectivity index (χ4v) is 5.36. The Bertz CT molecular complexity index is 896. The highest BCUT2D eigenvalue weighted by molar-refractivity contribution is 7.91. The summed E-state index contributed by atoms with van der Waals surface area (Å²) in [4.78, 5) is 13.8. The van der Waals surface area contributed by atoms with E-state index in [0.717, 1.165) is 31.9 Å². The minimum absolute atomic E-state index is 0.0629. The number of aromatic nitrogens is 2. The van der Waals surface area contributed by atoms with Crippen molar-refractivity contribution in [3.63, 3.8) is 0 Å². The van der Waals surface area contributed by atoms with E-state index < -0.39 is 9.84 Å². The maximum absolute atomic E-state index is 11.7. The number of nitrogens with one attached hydrogen (secondary N) is 1. The van der Waals surface area contributed by atoms with Crippen molar-refractivity contribution in [1.29, 1.82) is 0 Å². The maximum atomic E-state index is 11.7. The minimum Gasteiger partial charge on any atom is -0.368 e. The van der Waals surface area contributed by atoms with Crippen LogP contribution in [0.4, 0.5) is 17.5 Å². The lowest BCUT2D eigenvalue weighted by atomic mass is 10.2. The summed E-state index contributed by atoms with van der Waals surface area (Å²) in [5, 5.41) is 3.28. The van der Waals surface area contributed by atoms with Gasteiger partial charge in [-0.1, -0.05) is 18.2 Å². The second kappa shape index (κ2) is 7.34. The first kappa shape index (κ1) is 18.0. The average molecular weight is 388 g/mol. The molecule has 27 heavy (non-hydrogen) atoms. The van der Waals surface area contributed by atoms with Gasteiger partial charge < -0.3 is 15.1 Å². The van der Waals surface area contributed by atoms with Crippen LogP contribution in [0.5, 0.6) is 0 Å². The Morgan fingerprint density at radius 3 is 2.41 bits per heavy atom. The van der Waals surface area contributed by atoms with Gasteiger partial charge in [0.05, 0.1) is 11.5 Å². The molecule has 3 heterocycles. The van der Waals surface area contributed by atoms with Crippen LogP contribution in [0.15, 0.2) is 36.4 Å². The smallest absolute Gasteiger partial charge is 0.227 e.